The Kier molecular flexibility index (Phi) is 17.5. The van der Waals surface area contributed by atoms with Crippen molar-refractivity contribution in [2.75, 3.05) is 0 Å². The van der Waals surface area contributed by atoms with E-state index in [1.807, 2.05) is 0 Å². The van der Waals surface area contributed by atoms with Crippen LogP contribution < -0.4 is 58.0 Å². The predicted octanol–water partition coefficient (Wildman–Crippen LogP) is 4.75. The van der Waals surface area contributed by atoms with Crippen molar-refractivity contribution in [2.24, 2.45) is 0 Å². The van der Waals surface area contributed by atoms with Crippen molar-refractivity contribution in [2.45, 2.75) is 19.8 Å². The fourth-order valence-corrected chi connectivity index (χ4v) is 14.8. The van der Waals surface area contributed by atoms with Gasteiger partial charge < -0.3 is 37.2 Å². The van der Waals surface area contributed by atoms with Gasteiger partial charge in [0.1, 0.15) is 8.07 Å². The van der Waals surface area contributed by atoms with Gasteiger partial charge in [0.15, 0.2) is 0 Å². The Morgan fingerprint density at radius 3 is 0.761 bits per heavy atom. The zero-order valence-electron chi connectivity index (χ0n) is 37.3. The van der Waals surface area contributed by atoms with Crippen molar-refractivity contribution in [3.8, 4) is 66.8 Å². The summed E-state index contributed by atoms with van der Waals surface area (Å²) in [6.45, 7) is 2.32. The molecule has 0 aliphatic heterocycles. The topological polar surface area (TPSA) is 0 Å². The summed E-state index contributed by atoms with van der Waals surface area (Å²) >= 11 is 0. The standard InChI is InChI=1S/C62H49Si.3ClH.Ti/c1-2-22-52-35-21-36-62(52)63(59-40-53(46-23-9-3-10-24-46)37-54(41-59)47-25-11-4-12-26-47,60-42-55(48-27-13-5-14-28-48)38-56(43-60)49-29-15-6-16-30-49)61-44-57(50-31-17-7-18-32-50)39-58(45-61)51-33-19-8-20-34-51;;;;/h3-21,23-45H,2,22H2,1H3;3*1H;/q-1;;;;+4/p-3. The molecule has 5 heteroatoms. The molecule has 0 radical (unpaired) electrons. The first kappa shape index (κ1) is 50.5. The number of hydrogen-bond donors (Lipinski definition) is 0. The number of hydrogen-bond acceptors (Lipinski definition) is 0. The Morgan fingerprint density at radius 2 is 0.537 bits per heavy atom. The van der Waals surface area contributed by atoms with Crippen LogP contribution in [0.3, 0.4) is 0 Å². The molecule has 10 aromatic carbocycles. The third-order valence-electron chi connectivity index (χ3n) is 12.6. The molecular weight excluding hydrogens is 927 g/mol. The van der Waals surface area contributed by atoms with Gasteiger partial charge in [-0.3, -0.25) is 0 Å². The van der Waals surface area contributed by atoms with E-state index in [1.54, 1.807) is 0 Å². The van der Waals surface area contributed by atoms with E-state index in [-0.39, 0.29) is 58.9 Å². The van der Waals surface area contributed by atoms with E-state index < -0.39 is 8.07 Å². The van der Waals surface area contributed by atoms with Gasteiger partial charge >= 0.3 is 21.7 Å². The largest absolute Gasteiger partial charge is 4.00 e. The smallest absolute Gasteiger partial charge is 1.00 e. The maximum absolute atomic E-state index is 3.32. The first-order valence-electron chi connectivity index (χ1n) is 22.2. The van der Waals surface area contributed by atoms with Crippen molar-refractivity contribution in [1.82, 2.24) is 0 Å². The van der Waals surface area contributed by atoms with Crippen LogP contribution in [0, 0.1) is 0 Å². The van der Waals surface area contributed by atoms with Crippen LogP contribution in [-0.2, 0) is 28.1 Å². The van der Waals surface area contributed by atoms with Gasteiger partial charge in [0.05, 0.1) is 0 Å². The first-order chi connectivity index (χ1) is 31.2. The molecule has 0 saturated carbocycles. The molecule has 0 nitrogen and oxygen atoms in total. The molecule has 326 valence electrons. The fourth-order valence-electron chi connectivity index (χ4n) is 9.59. The molecule has 0 aromatic heterocycles. The van der Waals surface area contributed by atoms with Crippen LogP contribution in [-0.4, -0.2) is 8.07 Å². The summed E-state index contributed by atoms with van der Waals surface area (Å²) in [5.41, 5.74) is 16.0. The first-order valence-corrected chi connectivity index (χ1v) is 24.2. The average molecular weight is 976 g/mol. The summed E-state index contributed by atoms with van der Waals surface area (Å²) < 4.78 is 0. The Balaban J connectivity index is 0.00000185. The number of aryl methyl sites for hydroxylation is 1. The molecule has 67 heavy (non-hydrogen) atoms. The monoisotopic (exact) mass is 974 g/mol. The molecule has 10 rings (SSSR count). The SMILES string of the molecule is CCCc1ccc[c-]1[Si](c1cc(-c2ccccc2)cc(-c2ccccc2)c1)(c1cc(-c2ccccc2)cc(-c2ccccc2)c1)c1cc(-c2ccccc2)cc(-c2ccccc2)c1.[Cl-].[Cl-].[Cl-].[Ti+4]. The third kappa shape index (κ3) is 10.5. The second-order valence-corrected chi connectivity index (χ2v) is 20.3. The van der Waals surface area contributed by atoms with E-state index in [2.05, 4.69) is 262 Å². The molecule has 0 atom stereocenters. The van der Waals surface area contributed by atoms with Gasteiger partial charge in [-0.25, -0.2) is 12.1 Å². The van der Waals surface area contributed by atoms with E-state index >= 15 is 0 Å². The second kappa shape index (κ2) is 23.2. The zero-order valence-corrected chi connectivity index (χ0v) is 42.1. The van der Waals surface area contributed by atoms with Crippen LogP contribution >= 0.6 is 0 Å². The van der Waals surface area contributed by atoms with Gasteiger partial charge in [-0.2, -0.15) is 11.6 Å². The summed E-state index contributed by atoms with van der Waals surface area (Å²) in [7, 11) is -3.32. The summed E-state index contributed by atoms with van der Waals surface area (Å²) in [6.07, 6.45) is 2.05. The molecule has 0 fully saturated rings. The molecule has 0 saturated heterocycles. The van der Waals surface area contributed by atoms with Crippen LogP contribution in [0.25, 0.3) is 66.8 Å². The Labute approximate surface area is 431 Å². The molecule has 0 aliphatic carbocycles. The summed E-state index contributed by atoms with van der Waals surface area (Å²) in [5.74, 6) is 0. The van der Waals surface area contributed by atoms with Crippen LogP contribution in [0.5, 0.6) is 0 Å². The van der Waals surface area contributed by atoms with E-state index in [1.165, 1.54) is 93.1 Å². The van der Waals surface area contributed by atoms with E-state index in [0.29, 0.717) is 0 Å². The molecule has 0 heterocycles. The number of halogens is 3. The van der Waals surface area contributed by atoms with Crippen molar-refractivity contribution in [3.05, 3.63) is 260 Å². The minimum absolute atomic E-state index is 0. The van der Waals surface area contributed by atoms with E-state index in [4.69, 9.17) is 0 Å². The third-order valence-corrected chi connectivity index (χ3v) is 17.3. The molecule has 0 unspecified atom stereocenters. The van der Waals surface area contributed by atoms with Crippen LogP contribution in [0.1, 0.15) is 18.9 Å². The predicted molar refractivity (Wildman–Crippen MR) is 272 cm³/mol. The van der Waals surface area contributed by atoms with Gasteiger partial charge in [0.2, 0.25) is 0 Å². The molecule has 10 aromatic rings. The Hall–Kier alpha value is -5.87. The van der Waals surface area contributed by atoms with Gasteiger partial charge in [-0.15, -0.1) is 5.19 Å². The van der Waals surface area contributed by atoms with Crippen molar-refractivity contribution in [1.29, 1.82) is 0 Å². The van der Waals surface area contributed by atoms with Crippen molar-refractivity contribution < 1.29 is 58.9 Å². The number of benzene rings is 9. The minimum atomic E-state index is -3.32. The molecule has 0 amide bonds. The van der Waals surface area contributed by atoms with E-state index in [0.717, 1.165) is 12.8 Å². The van der Waals surface area contributed by atoms with Crippen LogP contribution in [0.4, 0.5) is 0 Å². The van der Waals surface area contributed by atoms with Crippen LogP contribution in [0.15, 0.2) is 255 Å². The molecule has 0 aliphatic rings. The number of rotatable bonds is 12. The zero-order chi connectivity index (χ0) is 42.4. The maximum Gasteiger partial charge on any atom is 4.00 e. The second-order valence-electron chi connectivity index (χ2n) is 16.6. The van der Waals surface area contributed by atoms with E-state index in [9.17, 15) is 0 Å². The van der Waals surface area contributed by atoms with Crippen molar-refractivity contribution in [3.63, 3.8) is 0 Å². The Bertz CT molecular complexity index is 2630. The minimum Gasteiger partial charge on any atom is -1.00 e. The normalized spacial score (nSPS) is 10.7. The quantitative estimate of drug-likeness (QED) is 0.0944. The van der Waals surface area contributed by atoms with Gasteiger partial charge in [-0.1, -0.05) is 254 Å². The molecule has 0 N–H and O–H groups in total. The summed E-state index contributed by atoms with van der Waals surface area (Å²) in [6, 6.07) is 95.4. The average Bonchev–Trinajstić information content (AvgIpc) is 3.84. The fraction of sp³-hybridized carbons (Fsp3) is 0.0484. The molecular formula is C62H49Cl3SiTi. The molecule has 0 bridgehead atoms. The van der Waals surface area contributed by atoms with Gasteiger partial charge in [0, 0.05) is 0 Å². The van der Waals surface area contributed by atoms with Crippen LogP contribution in [0.2, 0.25) is 0 Å². The summed E-state index contributed by atoms with van der Waals surface area (Å²) in [4.78, 5) is 0. The van der Waals surface area contributed by atoms with Gasteiger partial charge in [0.25, 0.3) is 0 Å². The van der Waals surface area contributed by atoms with Crippen molar-refractivity contribution >= 4 is 28.8 Å². The maximum atomic E-state index is 2.55. The van der Waals surface area contributed by atoms with Gasteiger partial charge in [-0.05, 0) is 85.0 Å². The summed E-state index contributed by atoms with van der Waals surface area (Å²) in [5, 5.41) is 5.53. The molecule has 0 spiro atoms. The Morgan fingerprint density at radius 1 is 0.299 bits per heavy atom.